The molecule has 0 saturated carbocycles. The minimum absolute atomic E-state index is 0.104. The molecule has 2 aromatic carbocycles. The van der Waals surface area contributed by atoms with Crippen molar-refractivity contribution in [2.45, 2.75) is 20.3 Å². The molecule has 1 heterocycles. The fraction of sp³-hybridized carbons (Fsp3) is 0.238. The molecular weight excluding hydrogens is 328 g/mol. The van der Waals surface area contributed by atoms with Gasteiger partial charge in [0.25, 0.3) is 5.91 Å². The van der Waals surface area contributed by atoms with Gasteiger partial charge in [0.2, 0.25) is 0 Å². The average molecular weight is 350 g/mol. The summed E-state index contributed by atoms with van der Waals surface area (Å²) >= 11 is 0. The zero-order valence-corrected chi connectivity index (χ0v) is 15.2. The van der Waals surface area contributed by atoms with Gasteiger partial charge in [0.05, 0.1) is 12.8 Å². The topological polar surface area (TPSA) is 53.4 Å². The zero-order valence-electron chi connectivity index (χ0n) is 15.2. The van der Waals surface area contributed by atoms with Crippen LogP contribution in [0.15, 0.2) is 54.6 Å². The van der Waals surface area contributed by atoms with Gasteiger partial charge in [-0.2, -0.15) is 5.10 Å². The Labute approximate surface area is 153 Å². The Kier molecular flexibility index (Phi) is 5.37. The van der Waals surface area contributed by atoms with Gasteiger partial charge >= 0.3 is 0 Å². The molecule has 0 spiro atoms. The van der Waals surface area contributed by atoms with E-state index in [1.54, 1.807) is 19.2 Å². The molecule has 3 rings (SSSR count). The van der Waals surface area contributed by atoms with E-state index in [1.807, 2.05) is 44.2 Å². The van der Waals surface area contributed by atoms with E-state index in [2.05, 4.69) is 17.2 Å². The van der Waals surface area contributed by atoms with E-state index in [9.17, 15) is 4.79 Å². The number of aromatic nitrogens is 2. The molecule has 0 bridgehead atoms. The van der Waals surface area contributed by atoms with Crippen LogP contribution < -0.4 is 9.47 Å². The van der Waals surface area contributed by atoms with E-state index >= 15 is 0 Å². The minimum atomic E-state index is -0.212. The van der Waals surface area contributed by atoms with Gasteiger partial charge in [0, 0.05) is 17.7 Å². The van der Waals surface area contributed by atoms with Crippen LogP contribution in [-0.4, -0.2) is 29.4 Å². The monoisotopic (exact) mass is 350 g/mol. The Bertz CT molecular complexity index is 901. The standard InChI is InChI=1S/C21H22N2O3/c1-15-18(13-17-9-5-4-6-10-17)16(2)23(22-15)21(24)14-26-20-12-8-7-11-19(20)25-3/h4-12H,13-14H2,1-3H3. The molecule has 5 nitrogen and oxygen atoms in total. The van der Waals surface area contributed by atoms with Crippen molar-refractivity contribution >= 4 is 5.91 Å². The van der Waals surface area contributed by atoms with Gasteiger partial charge in [-0.05, 0) is 31.5 Å². The van der Waals surface area contributed by atoms with Crippen molar-refractivity contribution in [3.8, 4) is 11.5 Å². The second-order valence-corrected chi connectivity index (χ2v) is 6.06. The van der Waals surface area contributed by atoms with Crippen LogP contribution in [0.5, 0.6) is 11.5 Å². The summed E-state index contributed by atoms with van der Waals surface area (Å²) in [5.41, 5.74) is 3.97. The summed E-state index contributed by atoms with van der Waals surface area (Å²) in [6.45, 7) is 3.74. The van der Waals surface area contributed by atoms with E-state index in [4.69, 9.17) is 9.47 Å². The van der Waals surface area contributed by atoms with E-state index in [0.717, 1.165) is 23.4 Å². The number of nitrogens with zero attached hydrogens (tertiary/aromatic N) is 2. The molecule has 0 aliphatic carbocycles. The average Bonchev–Trinajstić information content (AvgIpc) is 2.95. The van der Waals surface area contributed by atoms with Crippen molar-refractivity contribution in [2.24, 2.45) is 0 Å². The molecule has 0 N–H and O–H groups in total. The number of carbonyl (C=O) groups excluding carboxylic acids is 1. The molecule has 0 unspecified atom stereocenters. The van der Waals surface area contributed by atoms with Gasteiger partial charge in [0.15, 0.2) is 18.1 Å². The number of rotatable bonds is 6. The number of ether oxygens (including phenoxy) is 2. The minimum Gasteiger partial charge on any atom is -0.493 e. The lowest BCUT2D eigenvalue weighted by Crippen LogP contribution is -2.22. The van der Waals surface area contributed by atoms with Crippen LogP contribution in [0.3, 0.4) is 0 Å². The van der Waals surface area contributed by atoms with E-state index in [-0.39, 0.29) is 12.5 Å². The SMILES string of the molecule is COc1ccccc1OCC(=O)n1nc(C)c(Cc2ccccc2)c1C. The lowest BCUT2D eigenvalue weighted by molar-refractivity contribution is 0.0816. The Morgan fingerprint density at radius 1 is 1.00 bits per heavy atom. The van der Waals surface area contributed by atoms with E-state index in [1.165, 1.54) is 10.2 Å². The van der Waals surface area contributed by atoms with Gasteiger partial charge in [-0.15, -0.1) is 0 Å². The van der Waals surface area contributed by atoms with Crippen molar-refractivity contribution in [3.63, 3.8) is 0 Å². The molecule has 1 aromatic heterocycles. The second-order valence-electron chi connectivity index (χ2n) is 6.06. The predicted molar refractivity (Wildman–Crippen MR) is 100 cm³/mol. The molecule has 5 heteroatoms. The maximum Gasteiger partial charge on any atom is 0.284 e. The summed E-state index contributed by atoms with van der Waals surface area (Å²) in [4.78, 5) is 12.6. The van der Waals surface area contributed by atoms with Crippen LogP contribution in [0, 0.1) is 13.8 Å². The predicted octanol–water partition coefficient (Wildman–Crippen LogP) is 3.82. The lowest BCUT2D eigenvalue weighted by Gasteiger charge is -2.10. The number of benzene rings is 2. The molecule has 0 fully saturated rings. The van der Waals surface area contributed by atoms with Crippen molar-refractivity contribution in [1.29, 1.82) is 0 Å². The summed E-state index contributed by atoms with van der Waals surface area (Å²) < 4.78 is 12.3. The van der Waals surface area contributed by atoms with Crippen LogP contribution in [-0.2, 0) is 6.42 Å². The maximum absolute atomic E-state index is 12.6. The first-order valence-corrected chi connectivity index (χ1v) is 8.48. The summed E-state index contributed by atoms with van der Waals surface area (Å²) in [6, 6.07) is 17.4. The van der Waals surface area contributed by atoms with Crippen LogP contribution in [0.2, 0.25) is 0 Å². The molecule has 0 aliphatic heterocycles. The lowest BCUT2D eigenvalue weighted by atomic mass is 10.0. The number of para-hydroxylation sites is 2. The molecule has 0 aliphatic rings. The van der Waals surface area contributed by atoms with E-state index in [0.29, 0.717) is 11.5 Å². The smallest absolute Gasteiger partial charge is 0.284 e. The fourth-order valence-corrected chi connectivity index (χ4v) is 2.91. The van der Waals surface area contributed by atoms with E-state index < -0.39 is 0 Å². The van der Waals surface area contributed by atoms with Gasteiger partial charge in [-0.1, -0.05) is 42.5 Å². The maximum atomic E-state index is 12.6. The third kappa shape index (κ3) is 3.77. The molecule has 3 aromatic rings. The molecule has 0 atom stereocenters. The molecule has 134 valence electrons. The van der Waals surface area contributed by atoms with Crippen LogP contribution in [0.25, 0.3) is 0 Å². The van der Waals surface area contributed by atoms with Gasteiger partial charge in [0.1, 0.15) is 0 Å². The summed E-state index contributed by atoms with van der Waals surface area (Å²) in [5, 5.41) is 4.42. The Hall–Kier alpha value is -3.08. The van der Waals surface area contributed by atoms with Crippen LogP contribution in [0.4, 0.5) is 0 Å². The quantitative estimate of drug-likeness (QED) is 0.678. The number of hydrogen-bond donors (Lipinski definition) is 0. The first-order chi connectivity index (χ1) is 12.6. The Balaban J connectivity index is 1.75. The Morgan fingerprint density at radius 2 is 1.65 bits per heavy atom. The third-order valence-electron chi connectivity index (χ3n) is 4.32. The second kappa shape index (κ2) is 7.87. The Morgan fingerprint density at radius 3 is 2.35 bits per heavy atom. The molecule has 0 saturated heterocycles. The summed E-state index contributed by atoms with van der Waals surface area (Å²) in [5.74, 6) is 0.920. The summed E-state index contributed by atoms with van der Waals surface area (Å²) in [6.07, 6.45) is 0.749. The molecular formula is C21H22N2O3. The number of methoxy groups -OCH3 is 1. The summed E-state index contributed by atoms with van der Waals surface area (Å²) in [7, 11) is 1.57. The number of hydrogen-bond acceptors (Lipinski definition) is 4. The molecule has 0 amide bonds. The highest BCUT2D eigenvalue weighted by Crippen LogP contribution is 2.26. The van der Waals surface area contributed by atoms with Gasteiger partial charge in [-0.25, -0.2) is 4.68 Å². The zero-order chi connectivity index (χ0) is 18.5. The van der Waals surface area contributed by atoms with Crippen molar-refractivity contribution in [3.05, 3.63) is 77.1 Å². The van der Waals surface area contributed by atoms with Crippen molar-refractivity contribution in [2.75, 3.05) is 13.7 Å². The normalized spacial score (nSPS) is 10.6. The molecule has 26 heavy (non-hydrogen) atoms. The highest BCUT2D eigenvalue weighted by molar-refractivity contribution is 5.80. The third-order valence-corrected chi connectivity index (χ3v) is 4.32. The van der Waals surface area contributed by atoms with Crippen molar-refractivity contribution in [1.82, 2.24) is 9.78 Å². The first kappa shape index (κ1) is 17.7. The number of carbonyl (C=O) groups is 1. The van der Waals surface area contributed by atoms with Gasteiger partial charge in [-0.3, -0.25) is 4.79 Å². The van der Waals surface area contributed by atoms with Crippen molar-refractivity contribution < 1.29 is 14.3 Å². The highest BCUT2D eigenvalue weighted by Gasteiger charge is 2.17. The largest absolute Gasteiger partial charge is 0.493 e. The van der Waals surface area contributed by atoms with Crippen LogP contribution >= 0.6 is 0 Å². The first-order valence-electron chi connectivity index (χ1n) is 8.48. The van der Waals surface area contributed by atoms with Gasteiger partial charge < -0.3 is 9.47 Å². The highest BCUT2D eigenvalue weighted by atomic mass is 16.5. The fourth-order valence-electron chi connectivity index (χ4n) is 2.91. The number of aryl methyl sites for hydroxylation is 1. The molecule has 0 radical (unpaired) electrons. The van der Waals surface area contributed by atoms with Crippen LogP contribution in [0.1, 0.15) is 27.3 Å².